The maximum atomic E-state index is 12.2. The van der Waals surface area contributed by atoms with E-state index in [4.69, 9.17) is 9.47 Å². The zero-order chi connectivity index (χ0) is 20.3. The molecular formula is C24H29NO3. The summed E-state index contributed by atoms with van der Waals surface area (Å²) in [5, 5.41) is 1.17. The Morgan fingerprint density at radius 3 is 2.46 bits per heavy atom. The zero-order valence-corrected chi connectivity index (χ0v) is 17.4. The first-order chi connectivity index (χ1) is 13.3. The van der Waals surface area contributed by atoms with E-state index < -0.39 is 5.60 Å². The van der Waals surface area contributed by atoms with Crippen LogP contribution in [0.25, 0.3) is 10.9 Å². The summed E-state index contributed by atoms with van der Waals surface area (Å²) in [5.74, 6) is 0.320. The number of ether oxygens (including phenoxy) is 2. The molecule has 1 heterocycles. The highest BCUT2D eigenvalue weighted by atomic mass is 16.6. The molecule has 0 fully saturated rings. The number of hydrogen-bond donors (Lipinski definition) is 0. The fourth-order valence-corrected chi connectivity index (χ4v) is 3.56. The number of aryl methyl sites for hydroxylation is 3. The number of carbonyl (C=O) groups is 1. The Morgan fingerprint density at radius 2 is 1.79 bits per heavy atom. The highest BCUT2D eigenvalue weighted by Crippen LogP contribution is 2.31. The smallest absolute Gasteiger partial charge is 0.349 e. The molecule has 0 amide bonds. The molecule has 0 aliphatic heterocycles. The van der Waals surface area contributed by atoms with E-state index in [2.05, 4.69) is 48.9 Å². The highest BCUT2D eigenvalue weighted by Gasteiger charge is 2.31. The van der Waals surface area contributed by atoms with E-state index >= 15 is 0 Å². The summed E-state index contributed by atoms with van der Waals surface area (Å²) >= 11 is 0. The molecule has 0 atom stereocenters. The average Bonchev–Trinajstić information content (AvgIpc) is 2.91. The number of nitrogens with zero attached hydrogens (tertiary/aromatic N) is 1. The summed E-state index contributed by atoms with van der Waals surface area (Å²) < 4.78 is 13.4. The Balaban J connectivity index is 1.90. The Labute approximate surface area is 167 Å². The molecule has 2 aromatic carbocycles. The summed E-state index contributed by atoms with van der Waals surface area (Å²) in [5.41, 5.74) is 4.04. The lowest BCUT2D eigenvalue weighted by molar-refractivity contribution is -0.158. The average molecular weight is 380 g/mol. The summed E-state index contributed by atoms with van der Waals surface area (Å²) in [7, 11) is 2.09. The van der Waals surface area contributed by atoms with E-state index in [0.717, 1.165) is 12.8 Å². The molecule has 3 rings (SSSR count). The molecule has 148 valence electrons. The third-order valence-electron chi connectivity index (χ3n) is 5.24. The van der Waals surface area contributed by atoms with Gasteiger partial charge >= 0.3 is 5.97 Å². The summed E-state index contributed by atoms with van der Waals surface area (Å²) in [4.78, 5) is 12.2. The van der Waals surface area contributed by atoms with Crippen LogP contribution in [0.1, 0.15) is 37.6 Å². The van der Waals surface area contributed by atoms with Gasteiger partial charge in [-0.3, -0.25) is 0 Å². The monoisotopic (exact) mass is 379 g/mol. The Kier molecular flexibility index (Phi) is 5.78. The molecule has 4 heteroatoms. The SMILES string of the molecule is CCOC(=O)C(C)(C)Oc1ccc2c(c1)c(CCc1ccccc1)c(C)n2C. The number of aromatic nitrogens is 1. The fourth-order valence-electron chi connectivity index (χ4n) is 3.56. The Bertz CT molecular complexity index is 970. The maximum absolute atomic E-state index is 12.2. The highest BCUT2D eigenvalue weighted by molar-refractivity contribution is 5.87. The molecule has 0 radical (unpaired) electrons. The van der Waals surface area contributed by atoms with Gasteiger partial charge in [-0.05, 0) is 69.9 Å². The standard InChI is InChI=1S/C24H29NO3/c1-6-27-23(26)24(3,4)28-19-13-15-22-21(16-19)20(17(2)25(22)5)14-12-18-10-8-7-9-11-18/h7-11,13,15-16H,6,12,14H2,1-5H3. The molecule has 0 aliphatic carbocycles. The summed E-state index contributed by atoms with van der Waals surface area (Å²) in [6.07, 6.45) is 1.94. The molecule has 4 nitrogen and oxygen atoms in total. The van der Waals surface area contributed by atoms with Crippen molar-refractivity contribution in [3.8, 4) is 5.75 Å². The van der Waals surface area contributed by atoms with Crippen LogP contribution in [-0.4, -0.2) is 22.7 Å². The van der Waals surface area contributed by atoms with Crippen LogP contribution in [0.4, 0.5) is 0 Å². The first kappa shape index (κ1) is 20.0. The lowest BCUT2D eigenvalue weighted by Crippen LogP contribution is -2.39. The van der Waals surface area contributed by atoms with Gasteiger partial charge in [-0.1, -0.05) is 30.3 Å². The van der Waals surface area contributed by atoms with Gasteiger partial charge in [-0.25, -0.2) is 4.79 Å². The van der Waals surface area contributed by atoms with Gasteiger partial charge in [0.25, 0.3) is 0 Å². The van der Waals surface area contributed by atoms with E-state index in [1.54, 1.807) is 20.8 Å². The van der Waals surface area contributed by atoms with E-state index in [1.807, 2.05) is 18.2 Å². The third kappa shape index (κ3) is 4.06. The van der Waals surface area contributed by atoms with Crippen molar-refractivity contribution in [1.29, 1.82) is 0 Å². The minimum atomic E-state index is -1.03. The van der Waals surface area contributed by atoms with Crippen LogP contribution in [0.5, 0.6) is 5.75 Å². The summed E-state index contributed by atoms with van der Waals surface area (Å²) in [6, 6.07) is 16.6. The van der Waals surface area contributed by atoms with E-state index in [9.17, 15) is 4.79 Å². The van der Waals surface area contributed by atoms with Crippen molar-refractivity contribution in [3.05, 3.63) is 65.4 Å². The van der Waals surface area contributed by atoms with E-state index in [1.165, 1.54) is 27.7 Å². The van der Waals surface area contributed by atoms with Crippen molar-refractivity contribution in [1.82, 2.24) is 4.57 Å². The van der Waals surface area contributed by atoms with E-state index in [0.29, 0.717) is 12.4 Å². The van der Waals surface area contributed by atoms with Gasteiger partial charge in [0.15, 0.2) is 5.60 Å². The molecule has 3 aromatic rings. The van der Waals surface area contributed by atoms with Crippen LogP contribution in [0.2, 0.25) is 0 Å². The molecule has 1 aromatic heterocycles. The molecular weight excluding hydrogens is 350 g/mol. The number of esters is 1. The minimum Gasteiger partial charge on any atom is -0.476 e. The topological polar surface area (TPSA) is 40.5 Å². The van der Waals surface area contributed by atoms with E-state index in [-0.39, 0.29) is 5.97 Å². The van der Waals surface area contributed by atoms with Gasteiger partial charge < -0.3 is 14.0 Å². The number of hydrogen-bond acceptors (Lipinski definition) is 3. The zero-order valence-electron chi connectivity index (χ0n) is 17.4. The van der Waals surface area contributed by atoms with Crippen molar-refractivity contribution < 1.29 is 14.3 Å². The molecule has 0 saturated carbocycles. The third-order valence-corrected chi connectivity index (χ3v) is 5.24. The van der Waals surface area contributed by atoms with Crippen LogP contribution in [0.15, 0.2) is 48.5 Å². The maximum Gasteiger partial charge on any atom is 0.349 e. The lowest BCUT2D eigenvalue weighted by atomic mass is 10.0. The number of rotatable bonds is 7. The van der Waals surface area contributed by atoms with Crippen LogP contribution in [-0.2, 0) is 29.4 Å². The number of benzene rings is 2. The molecule has 0 aliphatic rings. The Hall–Kier alpha value is -2.75. The lowest BCUT2D eigenvalue weighted by Gasteiger charge is -2.24. The second-order valence-corrected chi connectivity index (χ2v) is 7.62. The molecule has 0 unspecified atom stereocenters. The Morgan fingerprint density at radius 1 is 1.07 bits per heavy atom. The largest absolute Gasteiger partial charge is 0.476 e. The van der Waals surface area contributed by atoms with Gasteiger partial charge in [0.05, 0.1) is 6.61 Å². The molecule has 0 N–H and O–H groups in total. The predicted molar refractivity (Wildman–Crippen MR) is 113 cm³/mol. The molecule has 28 heavy (non-hydrogen) atoms. The van der Waals surface area contributed by atoms with Gasteiger partial charge in [0.1, 0.15) is 5.75 Å². The quantitative estimate of drug-likeness (QED) is 0.543. The number of carbonyl (C=O) groups excluding carboxylic acids is 1. The van der Waals surface area contributed by atoms with Gasteiger partial charge in [-0.15, -0.1) is 0 Å². The van der Waals surface area contributed by atoms with Crippen molar-refractivity contribution in [3.63, 3.8) is 0 Å². The van der Waals surface area contributed by atoms with Crippen LogP contribution >= 0.6 is 0 Å². The molecule has 0 bridgehead atoms. The normalized spacial score (nSPS) is 11.6. The van der Waals surface area contributed by atoms with Gasteiger partial charge in [0, 0.05) is 23.6 Å². The van der Waals surface area contributed by atoms with Gasteiger partial charge in [0.2, 0.25) is 0 Å². The van der Waals surface area contributed by atoms with Crippen molar-refractivity contribution >= 4 is 16.9 Å². The van der Waals surface area contributed by atoms with Crippen molar-refractivity contribution in [2.75, 3.05) is 6.61 Å². The van der Waals surface area contributed by atoms with Gasteiger partial charge in [-0.2, -0.15) is 0 Å². The van der Waals surface area contributed by atoms with Crippen molar-refractivity contribution in [2.24, 2.45) is 7.05 Å². The minimum absolute atomic E-state index is 0.339. The van der Waals surface area contributed by atoms with Crippen molar-refractivity contribution in [2.45, 2.75) is 46.1 Å². The predicted octanol–water partition coefficient (Wildman–Crippen LogP) is 4.99. The summed E-state index contributed by atoms with van der Waals surface area (Å²) in [6.45, 7) is 7.77. The molecule has 0 saturated heterocycles. The van der Waals surface area contributed by atoms with Crippen LogP contribution in [0.3, 0.4) is 0 Å². The fraction of sp³-hybridized carbons (Fsp3) is 0.375. The first-order valence-electron chi connectivity index (χ1n) is 9.81. The molecule has 0 spiro atoms. The second-order valence-electron chi connectivity index (χ2n) is 7.62. The number of fused-ring (bicyclic) bond motifs is 1. The second kappa shape index (κ2) is 8.09. The first-order valence-corrected chi connectivity index (χ1v) is 9.81. The van der Waals surface area contributed by atoms with Crippen LogP contribution < -0.4 is 4.74 Å². The van der Waals surface area contributed by atoms with Crippen LogP contribution in [0, 0.1) is 6.92 Å².